The fraction of sp³-hybridized carbons (Fsp3) is 0.417. The van der Waals surface area contributed by atoms with Gasteiger partial charge in [0.05, 0.1) is 12.2 Å². The smallest absolute Gasteiger partial charge is 0.173 e. The summed E-state index contributed by atoms with van der Waals surface area (Å²) in [5.74, 6) is 2.94. The number of ether oxygens (including phenoxy) is 1. The zero-order valence-corrected chi connectivity index (χ0v) is 10.7. The van der Waals surface area contributed by atoms with Crippen molar-refractivity contribution in [2.24, 2.45) is 10.9 Å². The van der Waals surface area contributed by atoms with E-state index in [0.717, 1.165) is 17.9 Å². The minimum absolute atomic E-state index is 0.0727. The fourth-order valence-corrected chi connectivity index (χ4v) is 1.96. The first-order valence-electron chi connectivity index (χ1n) is 5.57. The highest BCUT2D eigenvalue weighted by Gasteiger charge is 2.06. The van der Waals surface area contributed by atoms with Gasteiger partial charge in [-0.15, -0.1) is 0 Å². The van der Waals surface area contributed by atoms with Crippen molar-refractivity contribution in [3.8, 4) is 5.75 Å². The average Bonchev–Trinajstić information content (AvgIpc) is 2.38. The van der Waals surface area contributed by atoms with Crippen LogP contribution >= 0.6 is 11.8 Å². The molecule has 0 aliphatic carbocycles. The molecule has 0 aromatic heterocycles. The maximum absolute atomic E-state index is 8.66. The summed E-state index contributed by atoms with van der Waals surface area (Å²) in [6.45, 7) is 2.78. The molecule has 5 heteroatoms. The number of nitrogens with zero attached hydrogens (tertiary/aromatic N) is 1. The van der Waals surface area contributed by atoms with Crippen molar-refractivity contribution in [2.45, 2.75) is 13.3 Å². The molecule has 1 rings (SSSR count). The summed E-state index contributed by atoms with van der Waals surface area (Å²) in [5, 5.41) is 11.6. The lowest BCUT2D eigenvalue weighted by Crippen LogP contribution is -2.15. The predicted molar refractivity (Wildman–Crippen MR) is 72.1 cm³/mol. The van der Waals surface area contributed by atoms with Gasteiger partial charge in [-0.2, -0.15) is 11.8 Å². The molecule has 94 valence electrons. The van der Waals surface area contributed by atoms with E-state index < -0.39 is 0 Å². The van der Waals surface area contributed by atoms with Gasteiger partial charge in [-0.05, 0) is 30.1 Å². The number of hydrogen-bond acceptors (Lipinski definition) is 4. The van der Waals surface area contributed by atoms with E-state index in [1.807, 2.05) is 30.0 Å². The van der Waals surface area contributed by atoms with Gasteiger partial charge >= 0.3 is 0 Å². The highest BCUT2D eigenvalue weighted by Crippen LogP contribution is 2.17. The molecule has 3 N–H and O–H groups in total. The Morgan fingerprint density at radius 2 is 2.24 bits per heavy atom. The van der Waals surface area contributed by atoms with Gasteiger partial charge in [0.2, 0.25) is 0 Å². The molecule has 0 unspecified atom stereocenters. The second-order valence-corrected chi connectivity index (χ2v) is 4.77. The molecule has 0 heterocycles. The Morgan fingerprint density at radius 3 is 2.94 bits per heavy atom. The minimum atomic E-state index is 0.0727. The Hall–Kier alpha value is -1.36. The molecule has 0 fully saturated rings. The van der Waals surface area contributed by atoms with E-state index in [-0.39, 0.29) is 5.84 Å². The SMILES string of the molecule is CCSCCCOc1ccccc1/C(N)=N/O. The van der Waals surface area contributed by atoms with Crippen LogP contribution in [0.3, 0.4) is 0 Å². The van der Waals surface area contributed by atoms with Crippen LogP contribution in [0.25, 0.3) is 0 Å². The van der Waals surface area contributed by atoms with Crippen LogP contribution in [-0.2, 0) is 0 Å². The van der Waals surface area contributed by atoms with Crippen LogP contribution in [0.1, 0.15) is 18.9 Å². The molecule has 0 saturated heterocycles. The average molecular weight is 254 g/mol. The second kappa shape index (κ2) is 7.84. The summed E-state index contributed by atoms with van der Waals surface area (Å²) in [6.07, 6.45) is 0.989. The Kier molecular flexibility index (Phi) is 6.32. The number of thioether (sulfide) groups is 1. The molecule has 0 saturated carbocycles. The zero-order valence-electron chi connectivity index (χ0n) is 9.93. The molecule has 0 amide bonds. The van der Waals surface area contributed by atoms with Gasteiger partial charge in [0.1, 0.15) is 5.75 Å². The lowest BCUT2D eigenvalue weighted by Gasteiger charge is -2.10. The molecular formula is C12H18N2O2S. The van der Waals surface area contributed by atoms with Gasteiger partial charge in [0.25, 0.3) is 0 Å². The largest absolute Gasteiger partial charge is 0.493 e. The molecule has 1 aromatic carbocycles. The van der Waals surface area contributed by atoms with Gasteiger partial charge in [0.15, 0.2) is 5.84 Å². The third-order valence-corrected chi connectivity index (χ3v) is 3.15. The zero-order chi connectivity index (χ0) is 12.5. The monoisotopic (exact) mass is 254 g/mol. The normalized spacial score (nSPS) is 11.5. The molecule has 0 atom stereocenters. The van der Waals surface area contributed by atoms with Crippen molar-refractivity contribution in [3.05, 3.63) is 29.8 Å². The van der Waals surface area contributed by atoms with Gasteiger partial charge in [-0.25, -0.2) is 0 Å². The minimum Gasteiger partial charge on any atom is -0.493 e. The van der Waals surface area contributed by atoms with Crippen LogP contribution in [0.15, 0.2) is 29.4 Å². The summed E-state index contributed by atoms with van der Waals surface area (Å²) in [4.78, 5) is 0. The number of nitrogens with two attached hydrogens (primary N) is 1. The molecule has 0 spiro atoms. The molecule has 4 nitrogen and oxygen atoms in total. The maximum atomic E-state index is 8.66. The molecule has 0 aliphatic heterocycles. The van der Waals surface area contributed by atoms with E-state index >= 15 is 0 Å². The van der Waals surface area contributed by atoms with Gasteiger partial charge < -0.3 is 15.7 Å². The molecular weight excluding hydrogens is 236 g/mol. The van der Waals surface area contributed by atoms with Crippen molar-refractivity contribution < 1.29 is 9.94 Å². The molecule has 0 bridgehead atoms. The van der Waals surface area contributed by atoms with Crippen LogP contribution in [-0.4, -0.2) is 29.2 Å². The van der Waals surface area contributed by atoms with Crippen molar-refractivity contribution >= 4 is 17.6 Å². The van der Waals surface area contributed by atoms with E-state index in [0.29, 0.717) is 17.9 Å². The predicted octanol–water partition coefficient (Wildman–Crippen LogP) is 2.30. The van der Waals surface area contributed by atoms with Crippen molar-refractivity contribution in [1.29, 1.82) is 0 Å². The third-order valence-electron chi connectivity index (χ3n) is 2.17. The summed E-state index contributed by atoms with van der Waals surface area (Å²) >= 11 is 1.89. The first kappa shape index (κ1) is 13.7. The van der Waals surface area contributed by atoms with Gasteiger partial charge in [-0.3, -0.25) is 0 Å². The number of benzene rings is 1. The Balaban J connectivity index is 2.53. The molecule has 1 aromatic rings. The lowest BCUT2D eigenvalue weighted by atomic mass is 10.2. The van der Waals surface area contributed by atoms with E-state index in [2.05, 4.69) is 12.1 Å². The summed E-state index contributed by atoms with van der Waals surface area (Å²) in [6, 6.07) is 7.28. The summed E-state index contributed by atoms with van der Waals surface area (Å²) < 4.78 is 5.62. The van der Waals surface area contributed by atoms with Crippen molar-refractivity contribution in [1.82, 2.24) is 0 Å². The molecule has 0 aliphatic rings. The van der Waals surface area contributed by atoms with Crippen LogP contribution < -0.4 is 10.5 Å². The highest BCUT2D eigenvalue weighted by molar-refractivity contribution is 7.99. The van der Waals surface area contributed by atoms with Gasteiger partial charge in [0, 0.05) is 0 Å². The van der Waals surface area contributed by atoms with Crippen LogP contribution in [0, 0.1) is 0 Å². The topological polar surface area (TPSA) is 67.8 Å². The quantitative estimate of drug-likeness (QED) is 0.257. The fourth-order valence-electron chi connectivity index (χ4n) is 1.35. The lowest BCUT2D eigenvalue weighted by molar-refractivity contribution is 0.312. The summed E-state index contributed by atoms with van der Waals surface area (Å²) in [5.41, 5.74) is 6.19. The second-order valence-electron chi connectivity index (χ2n) is 3.38. The number of amidine groups is 1. The van der Waals surface area contributed by atoms with E-state index in [1.165, 1.54) is 0 Å². The number of para-hydroxylation sites is 1. The first-order valence-corrected chi connectivity index (χ1v) is 6.72. The Labute approximate surface area is 106 Å². The van der Waals surface area contributed by atoms with Gasteiger partial charge in [-0.1, -0.05) is 24.2 Å². The number of hydrogen-bond donors (Lipinski definition) is 2. The van der Waals surface area contributed by atoms with Crippen LogP contribution in [0.5, 0.6) is 5.75 Å². The number of oxime groups is 1. The summed E-state index contributed by atoms with van der Waals surface area (Å²) in [7, 11) is 0. The van der Waals surface area contributed by atoms with Crippen molar-refractivity contribution in [3.63, 3.8) is 0 Å². The van der Waals surface area contributed by atoms with E-state index in [9.17, 15) is 0 Å². The molecule has 17 heavy (non-hydrogen) atoms. The van der Waals surface area contributed by atoms with Crippen molar-refractivity contribution in [2.75, 3.05) is 18.1 Å². The van der Waals surface area contributed by atoms with Crippen LogP contribution in [0.4, 0.5) is 0 Å². The third kappa shape index (κ3) is 4.56. The first-order chi connectivity index (χ1) is 8.29. The Morgan fingerprint density at radius 1 is 1.47 bits per heavy atom. The maximum Gasteiger partial charge on any atom is 0.173 e. The highest BCUT2D eigenvalue weighted by atomic mass is 32.2. The van der Waals surface area contributed by atoms with E-state index in [4.69, 9.17) is 15.7 Å². The standard InChI is InChI=1S/C12H18N2O2S/c1-2-17-9-5-8-16-11-7-4-3-6-10(11)12(13)14-15/h3-4,6-7,15H,2,5,8-9H2,1H3,(H2,13,14). The Bertz CT molecular complexity index is 369. The molecule has 0 radical (unpaired) electrons. The van der Waals surface area contributed by atoms with Crippen LogP contribution in [0.2, 0.25) is 0 Å². The number of rotatable bonds is 7. The van der Waals surface area contributed by atoms with E-state index in [1.54, 1.807) is 6.07 Å².